The molecule has 3 heteroatoms. The molecule has 21 heavy (non-hydrogen) atoms. The van der Waals surface area contributed by atoms with Gasteiger partial charge >= 0.3 is 5.97 Å². The quantitative estimate of drug-likeness (QED) is 0.791. The van der Waals surface area contributed by atoms with Crippen LogP contribution in [0.2, 0.25) is 0 Å². The normalized spacial score (nSPS) is 12.5. The number of carbonyl (C=O) groups is 1. The van der Waals surface area contributed by atoms with Crippen LogP contribution in [0.3, 0.4) is 0 Å². The first-order valence-electron chi connectivity index (χ1n) is 6.90. The van der Waals surface area contributed by atoms with Crippen LogP contribution in [0.25, 0.3) is 16.0 Å². The number of carboxylic acids is 1. The second kappa shape index (κ2) is 5.86. The van der Waals surface area contributed by atoms with Gasteiger partial charge in [0.05, 0.1) is 0 Å². The highest BCUT2D eigenvalue weighted by Gasteiger charge is 2.13. The van der Waals surface area contributed by atoms with E-state index in [0.717, 1.165) is 15.3 Å². The molecular formula is C18H20O2S. The first-order chi connectivity index (χ1) is 9.77. The van der Waals surface area contributed by atoms with E-state index in [1.807, 2.05) is 19.1 Å². The fourth-order valence-electron chi connectivity index (χ4n) is 2.10. The summed E-state index contributed by atoms with van der Waals surface area (Å²) in [4.78, 5) is 12.9. The lowest BCUT2D eigenvalue weighted by Gasteiger charge is -2.18. The highest BCUT2D eigenvalue weighted by atomic mass is 32.1. The molecule has 0 spiro atoms. The zero-order chi connectivity index (χ0) is 15.6. The summed E-state index contributed by atoms with van der Waals surface area (Å²) in [5, 5.41) is 8.80. The van der Waals surface area contributed by atoms with Gasteiger partial charge in [-0.25, -0.2) is 4.79 Å². The van der Waals surface area contributed by atoms with Crippen LogP contribution in [0, 0.1) is 0 Å². The predicted octanol–water partition coefficient (Wildman–Crippen LogP) is 5.20. The Morgan fingerprint density at radius 3 is 2.24 bits per heavy atom. The summed E-state index contributed by atoms with van der Waals surface area (Å²) >= 11 is 1.62. The highest BCUT2D eigenvalue weighted by Crippen LogP contribution is 2.33. The smallest absolute Gasteiger partial charge is 0.328 e. The lowest BCUT2D eigenvalue weighted by molar-refractivity contribution is -0.131. The zero-order valence-electron chi connectivity index (χ0n) is 12.8. The van der Waals surface area contributed by atoms with E-state index in [0.29, 0.717) is 0 Å². The number of rotatable bonds is 3. The molecule has 0 aliphatic heterocycles. The molecule has 0 bridgehead atoms. The van der Waals surface area contributed by atoms with Gasteiger partial charge in [-0.15, -0.1) is 11.3 Å². The van der Waals surface area contributed by atoms with Crippen LogP contribution in [-0.4, -0.2) is 11.1 Å². The molecule has 0 atom stereocenters. The fraction of sp³-hybridized carbons (Fsp3) is 0.278. The number of hydrogen-bond acceptors (Lipinski definition) is 2. The molecule has 1 N–H and O–H groups in total. The van der Waals surface area contributed by atoms with Crippen molar-refractivity contribution in [3.63, 3.8) is 0 Å². The number of aliphatic carboxylic acids is 1. The summed E-state index contributed by atoms with van der Waals surface area (Å²) in [6.45, 7) is 8.42. The van der Waals surface area contributed by atoms with Crippen LogP contribution in [0.15, 0.2) is 42.5 Å². The molecule has 1 aromatic heterocycles. The topological polar surface area (TPSA) is 37.3 Å². The zero-order valence-corrected chi connectivity index (χ0v) is 13.6. The summed E-state index contributed by atoms with van der Waals surface area (Å²) in [5.41, 5.74) is 3.41. The van der Waals surface area contributed by atoms with E-state index in [2.05, 4.69) is 45.0 Å². The molecule has 1 heterocycles. The fourth-order valence-corrected chi connectivity index (χ4v) is 3.08. The van der Waals surface area contributed by atoms with Crippen molar-refractivity contribution < 1.29 is 9.90 Å². The molecule has 0 radical (unpaired) electrons. The van der Waals surface area contributed by atoms with Crippen molar-refractivity contribution in [3.05, 3.63) is 52.9 Å². The minimum absolute atomic E-state index is 0.153. The van der Waals surface area contributed by atoms with Gasteiger partial charge in [0, 0.05) is 15.8 Å². The third-order valence-electron chi connectivity index (χ3n) is 3.37. The molecule has 1 aromatic carbocycles. The van der Waals surface area contributed by atoms with E-state index in [-0.39, 0.29) is 5.41 Å². The van der Waals surface area contributed by atoms with Crippen molar-refractivity contribution in [2.45, 2.75) is 33.1 Å². The molecule has 0 unspecified atom stereocenters. The van der Waals surface area contributed by atoms with Crippen LogP contribution >= 0.6 is 11.3 Å². The van der Waals surface area contributed by atoms with Gasteiger partial charge < -0.3 is 5.11 Å². The van der Waals surface area contributed by atoms with Gasteiger partial charge in [-0.1, -0.05) is 45.0 Å². The van der Waals surface area contributed by atoms with E-state index in [1.165, 1.54) is 17.2 Å². The highest BCUT2D eigenvalue weighted by molar-refractivity contribution is 7.16. The molecule has 0 aliphatic rings. The molecule has 110 valence electrons. The van der Waals surface area contributed by atoms with E-state index >= 15 is 0 Å². The van der Waals surface area contributed by atoms with E-state index < -0.39 is 5.97 Å². The Morgan fingerprint density at radius 2 is 1.71 bits per heavy atom. The monoisotopic (exact) mass is 300 g/mol. The molecule has 0 saturated heterocycles. The van der Waals surface area contributed by atoms with Gasteiger partial charge in [-0.2, -0.15) is 0 Å². The maximum Gasteiger partial charge on any atom is 0.328 e. The second-order valence-corrected chi connectivity index (χ2v) is 7.24. The van der Waals surface area contributed by atoms with Gasteiger partial charge in [-0.3, -0.25) is 0 Å². The van der Waals surface area contributed by atoms with Gasteiger partial charge in [0.1, 0.15) is 0 Å². The third kappa shape index (κ3) is 3.82. The average Bonchev–Trinajstić information content (AvgIpc) is 2.86. The number of hydrogen-bond donors (Lipinski definition) is 1. The molecule has 0 saturated carbocycles. The van der Waals surface area contributed by atoms with Gasteiger partial charge in [0.25, 0.3) is 0 Å². The third-order valence-corrected chi connectivity index (χ3v) is 4.64. The molecular weight excluding hydrogens is 280 g/mol. The molecule has 0 amide bonds. The van der Waals surface area contributed by atoms with Gasteiger partial charge in [0.15, 0.2) is 0 Å². The minimum atomic E-state index is -0.906. The van der Waals surface area contributed by atoms with Gasteiger partial charge in [-0.05, 0) is 41.2 Å². The maximum absolute atomic E-state index is 10.7. The summed E-state index contributed by atoms with van der Waals surface area (Å²) < 4.78 is 0. The SMILES string of the molecule is C/C(=C\C(=O)O)c1ccc(-c2ccc(C(C)(C)C)cc2)s1. The molecule has 0 fully saturated rings. The van der Waals surface area contributed by atoms with Crippen molar-refractivity contribution in [3.8, 4) is 10.4 Å². The first kappa shape index (κ1) is 15.5. The Morgan fingerprint density at radius 1 is 1.10 bits per heavy atom. The minimum Gasteiger partial charge on any atom is -0.478 e. The Balaban J connectivity index is 2.28. The van der Waals surface area contributed by atoms with Crippen molar-refractivity contribution in [1.82, 2.24) is 0 Å². The summed E-state index contributed by atoms with van der Waals surface area (Å²) in [6.07, 6.45) is 1.25. The van der Waals surface area contributed by atoms with Crippen LogP contribution in [-0.2, 0) is 10.2 Å². The Kier molecular flexibility index (Phi) is 4.33. The average molecular weight is 300 g/mol. The Hall–Kier alpha value is -1.87. The van der Waals surface area contributed by atoms with Crippen molar-refractivity contribution in [1.29, 1.82) is 0 Å². The summed E-state index contributed by atoms with van der Waals surface area (Å²) in [5.74, 6) is -0.906. The number of allylic oxidation sites excluding steroid dienone is 1. The van der Waals surface area contributed by atoms with E-state index in [1.54, 1.807) is 11.3 Å². The van der Waals surface area contributed by atoms with Crippen LogP contribution < -0.4 is 0 Å². The molecule has 2 rings (SSSR count). The van der Waals surface area contributed by atoms with E-state index in [9.17, 15) is 4.79 Å². The van der Waals surface area contributed by atoms with Gasteiger partial charge in [0.2, 0.25) is 0 Å². The van der Waals surface area contributed by atoms with E-state index in [4.69, 9.17) is 5.11 Å². The maximum atomic E-state index is 10.7. The lowest BCUT2D eigenvalue weighted by Crippen LogP contribution is -2.10. The molecule has 2 nitrogen and oxygen atoms in total. The Bertz CT molecular complexity index is 670. The van der Waals surface area contributed by atoms with Crippen LogP contribution in [0.4, 0.5) is 0 Å². The van der Waals surface area contributed by atoms with Crippen LogP contribution in [0.5, 0.6) is 0 Å². The Labute approximate surface area is 129 Å². The molecule has 0 aliphatic carbocycles. The largest absolute Gasteiger partial charge is 0.478 e. The lowest BCUT2D eigenvalue weighted by atomic mass is 9.86. The molecule has 2 aromatic rings. The van der Waals surface area contributed by atoms with Crippen molar-refractivity contribution in [2.75, 3.05) is 0 Å². The summed E-state index contributed by atoms with van der Waals surface area (Å²) in [7, 11) is 0. The number of thiophene rings is 1. The predicted molar refractivity (Wildman–Crippen MR) is 89.7 cm³/mol. The number of benzene rings is 1. The van der Waals surface area contributed by atoms with Crippen molar-refractivity contribution in [2.24, 2.45) is 0 Å². The first-order valence-corrected chi connectivity index (χ1v) is 7.71. The second-order valence-electron chi connectivity index (χ2n) is 6.16. The summed E-state index contributed by atoms with van der Waals surface area (Å²) in [6, 6.07) is 12.6. The standard InChI is InChI=1S/C18H20O2S/c1-12(11-17(19)20)15-9-10-16(21-15)13-5-7-14(8-6-13)18(2,3)4/h5-11H,1-4H3,(H,19,20)/b12-11+. The van der Waals surface area contributed by atoms with Crippen molar-refractivity contribution >= 4 is 22.9 Å². The number of carboxylic acid groups (broad SMARTS) is 1. The van der Waals surface area contributed by atoms with Crippen LogP contribution in [0.1, 0.15) is 38.1 Å².